The molecule has 148 valence electrons. The lowest BCUT2D eigenvalue weighted by Gasteiger charge is -2.25. The molecule has 2 amide bonds. The minimum atomic E-state index is -0.332. The molecule has 1 fully saturated rings. The van der Waals surface area contributed by atoms with Crippen LogP contribution in [-0.4, -0.2) is 23.3 Å². The number of amides is 2. The Bertz CT molecular complexity index is 1020. The minimum absolute atomic E-state index is 0.0124. The largest absolute Gasteiger partial charge is 0.459 e. The van der Waals surface area contributed by atoms with Crippen LogP contribution in [0, 0.1) is 13.8 Å². The van der Waals surface area contributed by atoms with Crippen LogP contribution in [0.2, 0.25) is 0 Å². The Labute approximate surface area is 170 Å². The molecule has 0 saturated carbocycles. The van der Waals surface area contributed by atoms with Gasteiger partial charge in [0.2, 0.25) is 0 Å². The standard InChI is InChI=1S/C24H24N2O3/c1-16-7-10-18(11-8-16)21-5-3-13-26(21)24(28)19-12-9-17(2)20(15-19)25-23(27)22-6-4-14-29-22/h4,6-12,14-15,21H,3,5,13H2,1-2H3,(H,25,27). The topological polar surface area (TPSA) is 62.6 Å². The molecule has 1 aliphatic heterocycles. The van der Waals surface area contributed by atoms with Gasteiger partial charge in [0.1, 0.15) is 0 Å². The Morgan fingerprint density at radius 3 is 2.59 bits per heavy atom. The Kier molecular flexibility index (Phi) is 5.21. The highest BCUT2D eigenvalue weighted by Gasteiger charge is 2.30. The second kappa shape index (κ2) is 7.95. The van der Waals surface area contributed by atoms with Crippen LogP contribution in [0.15, 0.2) is 65.3 Å². The summed E-state index contributed by atoms with van der Waals surface area (Å²) in [5.41, 5.74) is 4.45. The summed E-state index contributed by atoms with van der Waals surface area (Å²) in [5, 5.41) is 2.84. The van der Waals surface area contributed by atoms with Gasteiger partial charge in [-0.3, -0.25) is 9.59 Å². The fraction of sp³-hybridized carbons (Fsp3) is 0.250. The van der Waals surface area contributed by atoms with E-state index in [1.54, 1.807) is 18.2 Å². The lowest BCUT2D eigenvalue weighted by Crippen LogP contribution is -2.30. The number of hydrogen-bond acceptors (Lipinski definition) is 3. The number of benzene rings is 2. The van der Waals surface area contributed by atoms with Gasteiger partial charge in [0.15, 0.2) is 5.76 Å². The van der Waals surface area contributed by atoms with E-state index in [0.29, 0.717) is 11.3 Å². The molecule has 1 saturated heterocycles. The summed E-state index contributed by atoms with van der Waals surface area (Å²) in [6, 6.07) is 17.2. The van der Waals surface area contributed by atoms with Crippen LogP contribution < -0.4 is 5.32 Å². The van der Waals surface area contributed by atoms with Gasteiger partial charge in [-0.2, -0.15) is 0 Å². The van der Waals surface area contributed by atoms with Gasteiger partial charge in [0.05, 0.1) is 12.3 Å². The number of furan rings is 1. The molecular weight excluding hydrogens is 364 g/mol. The first-order chi connectivity index (χ1) is 14.0. The number of anilines is 1. The van der Waals surface area contributed by atoms with Crippen LogP contribution in [0.1, 0.15) is 56.5 Å². The zero-order valence-electron chi connectivity index (χ0n) is 16.6. The lowest BCUT2D eigenvalue weighted by molar-refractivity contribution is 0.0735. The Morgan fingerprint density at radius 2 is 1.86 bits per heavy atom. The summed E-state index contributed by atoms with van der Waals surface area (Å²) < 4.78 is 5.15. The van der Waals surface area contributed by atoms with Crippen LogP contribution in [0.25, 0.3) is 0 Å². The van der Waals surface area contributed by atoms with Crippen molar-refractivity contribution in [3.8, 4) is 0 Å². The highest BCUT2D eigenvalue weighted by Crippen LogP contribution is 2.33. The van der Waals surface area contributed by atoms with Crippen molar-refractivity contribution in [3.63, 3.8) is 0 Å². The third kappa shape index (κ3) is 3.94. The third-order valence-electron chi connectivity index (χ3n) is 5.45. The number of carbonyl (C=O) groups excluding carboxylic acids is 2. The normalized spacial score (nSPS) is 16.1. The van der Waals surface area contributed by atoms with E-state index in [4.69, 9.17) is 4.42 Å². The average Bonchev–Trinajstić information content (AvgIpc) is 3.42. The molecule has 4 rings (SSSR count). The van der Waals surface area contributed by atoms with Crippen molar-refractivity contribution in [2.24, 2.45) is 0 Å². The van der Waals surface area contributed by atoms with Gasteiger partial charge in [-0.25, -0.2) is 0 Å². The molecule has 1 N–H and O–H groups in total. The molecule has 5 nitrogen and oxygen atoms in total. The zero-order valence-corrected chi connectivity index (χ0v) is 16.6. The summed E-state index contributed by atoms with van der Waals surface area (Å²) in [6.45, 7) is 4.70. The van der Waals surface area contributed by atoms with Crippen molar-refractivity contribution in [2.75, 3.05) is 11.9 Å². The Morgan fingerprint density at radius 1 is 1.07 bits per heavy atom. The van der Waals surface area contributed by atoms with E-state index in [1.165, 1.54) is 17.4 Å². The number of carbonyl (C=O) groups is 2. The number of hydrogen-bond donors (Lipinski definition) is 1. The van der Waals surface area contributed by atoms with Crippen molar-refractivity contribution in [3.05, 3.63) is 88.9 Å². The second-order valence-electron chi connectivity index (χ2n) is 7.53. The van der Waals surface area contributed by atoms with Gasteiger partial charge in [-0.15, -0.1) is 0 Å². The van der Waals surface area contributed by atoms with Gasteiger partial charge < -0.3 is 14.6 Å². The van der Waals surface area contributed by atoms with Crippen molar-refractivity contribution < 1.29 is 14.0 Å². The highest BCUT2D eigenvalue weighted by molar-refractivity contribution is 6.04. The summed E-state index contributed by atoms with van der Waals surface area (Å²) in [5.74, 6) is -0.108. The van der Waals surface area contributed by atoms with Crippen molar-refractivity contribution >= 4 is 17.5 Å². The molecule has 5 heteroatoms. The van der Waals surface area contributed by atoms with Crippen molar-refractivity contribution in [2.45, 2.75) is 32.7 Å². The first-order valence-corrected chi connectivity index (χ1v) is 9.86. The van der Waals surface area contributed by atoms with Crippen molar-refractivity contribution in [1.29, 1.82) is 0 Å². The first kappa shape index (κ1) is 19.0. The third-order valence-corrected chi connectivity index (χ3v) is 5.45. The number of likely N-dealkylation sites (tertiary alicyclic amines) is 1. The summed E-state index contributed by atoms with van der Waals surface area (Å²) in [4.78, 5) is 27.5. The van der Waals surface area contributed by atoms with Crippen LogP contribution in [0.5, 0.6) is 0 Å². The van der Waals surface area contributed by atoms with E-state index < -0.39 is 0 Å². The molecule has 29 heavy (non-hydrogen) atoms. The minimum Gasteiger partial charge on any atom is -0.459 e. The maximum absolute atomic E-state index is 13.3. The SMILES string of the molecule is Cc1ccc(C2CCCN2C(=O)c2ccc(C)c(NC(=O)c3ccco3)c2)cc1. The van der Waals surface area contributed by atoms with Crippen molar-refractivity contribution in [1.82, 2.24) is 4.90 Å². The zero-order chi connectivity index (χ0) is 20.4. The van der Waals surface area contributed by atoms with E-state index in [9.17, 15) is 9.59 Å². The Hall–Kier alpha value is -3.34. The molecule has 0 spiro atoms. The van der Waals surface area contributed by atoms with Crippen LogP contribution >= 0.6 is 0 Å². The smallest absolute Gasteiger partial charge is 0.291 e. The van der Waals surface area contributed by atoms with Gasteiger partial charge in [-0.1, -0.05) is 35.9 Å². The number of rotatable bonds is 4. The molecule has 0 aliphatic carbocycles. The predicted molar refractivity (Wildman–Crippen MR) is 112 cm³/mol. The van der Waals surface area contributed by atoms with Crippen LogP contribution in [-0.2, 0) is 0 Å². The summed E-state index contributed by atoms with van der Waals surface area (Å²) >= 11 is 0. The Balaban J connectivity index is 1.56. The molecule has 1 unspecified atom stereocenters. The number of nitrogens with one attached hydrogen (secondary N) is 1. The van der Waals surface area contributed by atoms with E-state index in [1.807, 2.05) is 24.0 Å². The molecule has 1 aliphatic rings. The second-order valence-corrected chi connectivity index (χ2v) is 7.53. The van der Waals surface area contributed by atoms with Gasteiger partial charge in [0.25, 0.3) is 11.8 Å². The molecular formula is C24H24N2O3. The summed E-state index contributed by atoms with van der Waals surface area (Å²) in [6.07, 6.45) is 3.40. The average molecular weight is 388 g/mol. The van der Waals surface area contributed by atoms with E-state index in [-0.39, 0.29) is 23.6 Å². The highest BCUT2D eigenvalue weighted by atomic mass is 16.3. The maximum Gasteiger partial charge on any atom is 0.291 e. The molecule has 2 aromatic carbocycles. The molecule has 0 radical (unpaired) electrons. The van der Waals surface area contributed by atoms with E-state index in [0.717, 1.165) is 24.9 Å². The fourth-order valence-corrected chi connectivity index (χ4v) is 3.79. The van der Waals surface area contributed by atoms with Crippen LogP contribution in [0.3, 0.4) is 0 Å². The fourth-order valence-electron chi connectivity index (χ4n) is 3.79. The summed E-state index contributed by atoms with van der Waals surface area (Å²) in [7, 11) is 0. The quantitative estimate of drug-likeness (QED) is 0.674. The number of aryl methyl sites for hydroxylation is 2. The monoisotopic (exact) mass is 388 g/mol. The van der Waals surface area contributed by atoms with Gasteiger partial charge in [0, 0.05) is 17.8 Å². The first-order valence-electron chi connectivity index (χ1n) is 9.86. The predicted octanol–water partition coefficient (Wildman–Crippen LogP) is 5.13. The van der Waals surface area contributed by atoms with E-state index in [2.05, 4.69) is 36.5 Å². The van der Waals surface area contributed by atoms with E-state index >= 15 is 0 Å². The van der Waals surface area contributed by atoms with Gasteiger partial charge >= 0.3 is 0 Å². The number of nitrogens with zero attached hydrogens (tertiary/aromatic N) is 1. The molecule has 1 aromatic heterocycles. The van der Waals surface area contributed by atoms with Crippen LogP contribution in [0.4, 0.5) is 5.69 Å². The lowest BCUT2D eigenvalue weighted by atomic mass is 10.0. The maximum atomic E-state index is 13.3. The molecule has 0 bridgehead atoms. The van der Waals surface area contributed by atoms with Gasteiger partial charge in [-0.05, 0) is 62.1 Å². The molecule has 2 heterocycles. The molecule has 3 aromatic rings. The molecule has 1 atom stereocenters.